The Hall–Kier alpha value is -1.70. The Kier molecular flexibility index (Phi) is 4.53. The molecule has 2 aromatic heterocycles. The number of hydrogen-bond donors (Lipinski definition) is 1. The van der Waals surface area contributed by atoms with Crippen molar-refractivity contribution in [3.05, 3.63) is 28.7 Å². The number of carboxylic acids is 1. The fourth-order valence-corrected chi connectivity index (χ4v) is 2.04. The van der Waals surface area contributed by atoms with Gasteiger partial charge in [-0.2, -0.15) is 5.10 Å². The van der Waals surface area contributed by atoms with E-state index in [4.69, 9.17) is 21.1 Å². The maximum atomic E-state index is 11.3. The van der Waals surface area contributed by atoms with Crippen LogP contribution in [0.25, 0.3) is 5.65 Å². The van der Waals surface area contributed by atoms with Gasteiger partial charge in [-0.3, -0.25) is 0 Å². The molecule has 20 heavy (non-hydrogen) atoms. The van der Waals surface area contributed by atoms with Crippen LogP contribution in [0.1, 0.15) is 29.1 Å². The summed E-state index contributed by atoms with van der Waals surface area (Å²) in [6, 6.07) is 1.55. The second-order valence-corrected chi connectivity index (χ2v) is 4.49. The molecule has 7 nitrogen and oxygen atoms in total. The van der Waals surface area contributed by atoms with Crippen molar-refractivity contribution in [1.29, 1.82) is 0 Å². The van der Waals surface area contributed by atoms with Gasteiger partial charge in [-0.25, -0.2) is 14.3 Å². The van der Waals surface area contributed by atoms with Crippen molar-refractivity contribution < 1.29 is 19.4 Å². The number of halogens is 1. The molecule has 0 bridgehead atoms. The van der Waals surface area contributed by atoms with E-state index in [1.165, 1.54) is 10.7 Å². The number of hydrogen-bond acceptors (Lipinski definition) is 5. The minimum atomic E-state index is -1.09. The van der Waals surface area contributed by atoms with Crippen molar-refractivity contribution in [2.24, 2.45) is 0 Å². The third kappa shape index (κ3) is 2.90. The van der Waals surface area contributed by atoms with E-state index in [1.54, 1.807) is 20.1 Å². The van der Waals surface area contributed by atoms with Gasteiger partial charge in [0.25, 0.3) is 0 Å². The summed E-state index contributed by atoms with van der Waals surface area (Å²) in [5.74, 6) is -1.09. The molecule has 2 aromatic rings. The Labute approximate surface area is 120 Å². The lowest BCUT2D eigenvalue weighted by Crippen LogP contribution is -2.16. The van der Waals surface area contributed by atoms with Crippen LogP contribution in [-0.2, 0) is 9.47 Å². The van der Waals surface area contributed by atoms with E-state index in [0.29, 0.717) is 24.6 Å². The van der Waals surface area contributed by atoms with Gasteiger partial charge >= 0.3 is 5.97 Å². The molecule has 1 N–H and O–H groups in total. The Morgan fingerprint density at radius 3 is 2.95 bits per heavy atom. The number of ether oxygens (including phenoxy) is 2. The van der Waals surface area contributed by atoms with Gasteiger partial charge in [0, 0.05) is 19.4 Å². The second kappa shape index (κ2) is 6.17. The fourth-order valence-electron chi connectivity index (χ4n) is 1.87. The first-order valence-electron chi connectivity index (χ1n) is 5.92. The first-order valence-corrected chi connectivity index (χ1v) is 6.30. The largest absolute Gasteiger partial charge is 0.478 e. The molecule has 0 aliphatic rings. The molecule has 8 heteroatoms. The molecule has 0 aliphatic carbocycles. The maximum Gasteiger partial charge on any atom is 0.339 e. The summed E-state index contributed by atoms with van der Waals surface area (Å²) < 4.78 is 11.8. The molecule has 0 saturated heterocycles. The Morgan fingerprint density at radius 1 is 1.55 bits per heavy atom. The quantitative estimate of drug-likeness (QED) is 0.819. The SMILES string of the molecule is COCCO[C@@H](C)c1c(C(=O)O)cnc2cc(Cl)nn12. The van der Waals surface area contributed by atoms with Crippen LogP contribution in [0.2, 0.25) is 5.15 Å². The van der Waals surface area contributed by atoms with E-state index in [2.05, 4.69) is 10.1 Å². The molecule has 2 rings (SSSR count). The minimum absolute atomic E-state index is 0.0298. The number of aromatic nitrogens is 3. The Balaban J connectivity index is 2.46. The molecule has 0 spiro atoms. The molecule has 0 fully saturated rings. The Morgan fingerprint density at radius 2 is 2.30 bits per heavy atom. The van der Waals surface area contributed by atoms with Crippen LogP contribution in [0, 0.1) is 0 Å². The van der Waals surface area contributed by atoms with Gasteiger partial charge in [-0.05, 0) is 6.92 Å². The van der Waals surface area contributed by atoms with Crippen LogP contribution >= 0.6 is 11.6 Å². The number of methoxy groups -OCH3 is 1. The molecule has 0 unspecified atom stereocenters. The lowest BCUT2D eigenvalue weighted by molar-refractivity contribution is 0.0216. The smallest absolute Gasteiger partial charge is 0.339 e. The highest BCUT2D eigenvalue weighted by atomic mass is 35.5. The average molecular weight is 300 g/mol. The number of aromatic carboxylic acids is 1. The van der Waals surface area contributed by atoms with Crippen LogP contribution in [0.3, 0.4) is 0 Å². The van der Waals surface area contributed by atoms with Gasteiger partial charge < -0.3 is 14.6 Å². The zero-order chi connectivity index (χ0) is 14.7. The van der Waals surface area contributed by atoms with Crippen molar-refractivity contribution in [3.8, 4) is 0 Å². The number of rotatable bonds is 6. The van der Waals surface area contributed by atoms with Gasteiger partial charge in [-0.15, -0.1) is 0 Å². The molecular weight excluding hydrogens is 286 g/mol. The summed E-state index contributed by atoms with van der Waals surface area (Å²) in [4.78, 5) is 15.3. The van der Waals surface area contributed by atoms with Gasteiger partial charge in [0.15, 0.2) is 10.8 Å². The number of carbonyl (C=O) groups is 1. The predicted octanol–water partition coefficient (Wildman–Crippen LogP) is 1.80. The van der Waals surface area contributed by atoms with Crippen molar-refractivity contribution in [2.45, 2.75) is 13.0 Å². The average Bonchev–Trinajstić information content (AvgIpc) is 2.77. The van der Waals surface area contributed by atoms with Gasteiger partial charge in [0.2, 0.25) is 0 Å². The zero-order valence-corrected chi connectivity index (χ0v) is 11.8. The summed E-state index contributed by atoms with van der Waals surface area (Å²) in [5.41, 5.74) is 0.893. The lowest BCUT2D eigenvalue weighted by Gasteiger charge is -2.16. The highest BCUT2D eigenvalue weighted by molar-refractivity contribution is 6.29. The van der Waals surface area contributed by atoms with Crippen molar-refractivity contribution >= 4 is 23.2 Å². The third-order valence-corrected chi connectivity index (χ3v) is 2.95. The van der Waals surface area contributed by atoms with E-state index in [1.807, 2.05) is 0 Å². The molecule has 108 valence electrons. The van der Waals surface area contributed by atoms with Crippen LogP contribution < -0.4 is 0 Å². The number of carboxylic acid groups (broad SMARTS) is 1. The molecule has 1 atom stereocenters. The van der Waals surface area contributed by atoms with E-state index in [-0.39, 0.29) is 10.7 Å². The third-order valence-electron chi connectivity index (χ3n) is 2.76. The highest BCUT2D eigenvalue weighted by Gasteiger charge is 2.21. The van der Waals surface area contributed by atoms with Crippen molar-refractivity contribution in [3.63, 3.8) is 0 Å². The second-order valence-electron chi connectivity index (χ2n) is 4.11. The van der Waals surface area contributed by atoms with E-state index >= 15 is 0 Å². The van der Waals surface area contributed by atoms with E-state index in [9.17, 15) is 9.90 Å². The van der Waals surface area contributed by atoms with Crippen molar-refractivity contribution in [1.82, 2.24) is 14.6 Å². The van der Waals surface area contributed by atoms with Crippen LogP contribution in [0.5, 0.6) is 0 Å². The fraction of sp³-hybridized carbons (Fsp3) is 0.417. The standard InChI is InChI=1S/C12H14ClN3O4/c1-7(20-4-3-19-2)11-8(12(17)18)6-14-10-5-9(13)15-16(10)11/h5-7H,3-4H2,1-2H3,(H,17,18)/t7-/m0/s1. The number of fused-ring (bicyclic) bond motifs is 1. The molecule has 0 aliphatic heterocycles. The Bertz CT molecular complexity index is 628. The molecule has 2 heterocycles. The van der Waals surface area contributed by atoms with Crippen molar-refractivity contribution in [2.75, 3.05) is 20.3 Å². The molecule has 0 amide bonds. The van der Waals surface area contributed by atoms with Crippen LogP contribution in [0.4, 0.5) is 0 Å². The number of nitrogens with zero attached hydrogens (tertiary/aromatic N) is 3. The van der Waals surface area contributed by atoms with Gasteiger partial charge in [0.05, 0.1) is 25.0 Å². The molecular formula is C12H14ClN3O4. The molecule has 0 saturated carbocycles. The lowest BCUT2D eigenvalue weighted by atomic mass is 10.1. The van der Waals surface area contributed by atoms with Crippen LogP contribution in [0.15, 0.2) is 12.3 Å². The molecule has 0 radical (unpaired) electrons. The van der Waals surface area contributed by atoms with E-state index in [0.717, 1.165) is 0 Å². The van der Waals surface area contributed by atoms with E-state index < -0.39 is 12.1 Å². The van der Waals surface area contributed by atoms with Crippen LogP contribution in [-0.4, -0.2) is 46.0 Å². The summed E-state index contributed by atoms with van der Waals surface area (Å²) >= 11 is 5.84. The highest BCUT2D eigenvalue weighted by Crippen LogP contribution is 2.23. The summed E-state index contributed by atoms with van der Waals surface area (Å²) in [6.45, 7) is 2.50. The summed E-state index contributed by atoms with van der Waals surface area (Å²) in [6.07, 6.45) is 0.791. The predicted molar refractivity (Wildman–Crippen MR) is 71.2 cm³/mol. The van der Waals surface area contributed by atoms with Gasteiger partial charge in [0.1, 0.15) is 5.56 Å². The minimum Gasteiger partial charge on any atom is -0.478 e. The topological polar surface area (TPSA) is 86.0 Å². The summed E-state index contributed by atoms with van der Waals surface area (Å²) in [7, 11) is 1.56. The van der Waals surface area contributed by atoms with Gasteiger partial charge in [-0.1, -0.05) is 11.6 Å². The monoisotopic (exact) mass is 299 g/mol. The zero-order valence-electron chi connectivity index (χ0n) is 11.0. The first kappa shape index (κ1) is 14.7. The summed E-state index contributed by atoms with van der Waals surface area (Å²) in [5, 5.41) is 13.5. The first-order chi connectivity index (χ1) is 9.54. The normalized spacial score (nSPS) is 12.8. The molecule has 0 aromatic carbocycles. The maximum absolute atomic E-state index is 11.3.